The van der Waals surface area contributed by atoms with Crippen LogP contribution in [0.1, 0.15) is 65.2 Å². The Kier molecular flexibility index (Phi) is 6.52. The fraction of sp³-hybridized carbons (Fsp3) is 0.821. The average molecular weight is 487 g/mol. The topological polar surface area (TPSA) is 35.5 Å². The van der Waals surface area contributed by atoms with Crippen molar-refractivity contribution in [3.63, 3.8) is 0 Å². The van der Waals surface area contributed by atoms with Crippen molar-refractivity contribution in [1.82, 2.24) is 0 Å². The third-order valence-corrected chi connectivity index (χ3v) is 11.3. The van der Waals surface area contributed by atoms with Crippen LogP contribution in [-0.2, 0) is 13.6 Å². The normalized spacial score (nSPS) is 40.8. The summed E-state index contributed by atoms with van der Waals surface area (Å²) in [5, 5.41) is 0. The highest BCUT2D eigenvalue weighted by Crippen LogP contribution is 2.68. The second kappa shape index (κ2) is 8.47. The van der Waals surface area contributed by atoms with E-state index in [4.69, 9.17) is 8.85 Å². The molecule has 0 heterocycles. The number of ketones is 1. The van der Waals surface area contributed by atoms with Gasteiger partial charge in [-0.2, -0.15) is 0 Å². The molecule has 5 heteroatoms. The van der Waals surface area contributed by atoms with E-state index in [0.29, 0.717) is 30.0 Å². The second-order valence-electron chi connectivity index (χ2n) is 13.5. The molecule has 0 aromatic carbocycles. The van der Waals surface area contributed by atoms with Crippen LogP contribution in [0.15, 0.2) is 11.6 Å². The Morgan fingerprint density at radius 3 is 2.36 bits per heavy atom. The first kappa shape index (κ1) is 25.4. The third-order valence-electron chi connectivity index (χ3n) is 9.35. The lowest BCUT2D eigenvalue weighted by atomic mass is 9.46. The maximum Gasteiger partial charge on any atom is 0.185 e. The number of fused-ring (bicyclic) bond motifs is 5. The smallest absolute Gasteiger partial charge is 0.185 e. The highest BCUT2D eigenvalue weighted by molar-refractivity contribution is 6.70. The highest BCUT2D eigenvalue weighted by Gasteiger charge is 2.65. The molecule has 6 atom stereocenters. The zero-order valence-electron chi connectivity index (χ0n) is 22.4. The van der Waals surface area contributed by atoms with E-state index < -0.39 is 16.6 Å². The molecule has 4 aliphatic carbocycles. The van der Waals surface area contributed by atoms with Crippen molar-refractivity contribution in [2.45, 2.75) is 110 Å². The van der Waals surface area contributed by atoms with Crippen molar-refractivity contribution in [3.05, 3.63) is 11.6 Å². The molecule has 0 radical (unpaired) electrons. The first-order chi connectivity index (χ1) is 15.3. The lowest BCUT2D eigenvalue weighted by molar-refractivity contribution is -0.125. The molecule has 4 aliphatic rings. The van der Waals surface area contributed by atoms with Crippen LogP contribution in [0.25, 0.3) is 0 Å². The fourth-order valence-corrected chi connectivity index (χ4v) is 10.1. The second-order valence-corrected chi connectivity index (χ2v) is 22.5. The van der Waals surface area contributed by atoms with Crippen LogP contribution in [0.4, 0.5) is 0 Å². The summed E-state index contributed by atoms with van der Waals surface area (Å²) in [6.45, 7) is 19.1. The van der Waals surface area contributed by atoms with Gasteiger partial charge in [0.25, 0.3) is 0 Å². The summed E-state index contributed by atoms with van der Waals surface area (Å²) in [4.78, 5) is 12.4. The Balaban J connectivity index is 1.71. The summed E-state index contributed by atoms with van der Waals surface area (Å²) in [6.07, 6.45) is 10.6. The van der Waals surface area contributed by atoms with Crippen molar-refractivity contribution >= 4 is 22.4 Å². The van der Waals surface area contributed by atoms with E-state index >= 15 is 0 Å². The minimum atomic E-state index is -1.75. The fourth-order valence-electron chi connectivity index (χ4n) is 8.02. The van der Waals surface area contributed by atoms with Gasteiger partial charge in [-0.05, 0) is 102 Å². The number of hydrogen-bond acceptors (Lipinski definition) is 3. The van der Waals surface area contributed by atoms with E-state index in [9.17, 15) is 4.79 Å². The predicted molar refractivity (Wildman–Crippen MR) is 141 cm³/mol. The molecular weight excluding hydrogens is 440 g/mol. The average Bonchev–Trinajstić information content (AvgIpc) is 2.97. The van der Waals surface area contributed by atoms with Gasteiger partial charge in [0.1, 0.15) is 11.4 Å². The van der Waals surface area contributed by atoms with Crippen LogP contribution in [-0.4, -0.2) is 34.6 Å². The Morgan fingerprint density at radius 1 is 1.03 bits per heavy atom. The van der Waals surface area contributed by atoms with Gasteiger partial charge in [-0.1, -0.05) is 24.5 Å². The van der Waals surface area contributed by atoms with E-state index in [-0.39, 0.29) is 16.4 Å². The maximum atomic E-state index is 12.4. The molecule has 0 saturated heterocycles. The molecule has 0 bridgehead atoms. The number of allylic oxidation sites excluding steroid dienone is 1. The van der Waals surface area contributed by atoms with Gasteiger partial charge in [0.05, 0.1) is 0 Å². The predicted octanol–water partition coefficient (Wildman–Crippen LogP) is 6.96. The van der Waals surface area contributed by atoms with Gasteiger partial charge >= 0.3 is 0 Å². The standard InChI is InChI=1S/C28H46O3Si2/c1-9-15-28(31-33(6,7)8)18-14-24-23-11-10-21-19-22(29)12-17-27(21,20-30-32(3,4)5)25(23)13-16-26(24,28)2/h10,23-25H,11-14,16-20H2,1-8H3/t23-,24-,25+,26-,27+,28?/m0/s1. The van der Waals surface area contributed by atoms with Gasteiger partial charge in [-0.3, -0.25) is 4.79 Å². The van der Waals surface area contributed by atoms with Gasteiger partial charge in [-0.15, -0.1) is 5.92 Å². The van der Waals surface area contributed by atoms with Crippen LogP contribution in [0.2, 0.25) is 39.3 Å². The minimum Gasteiger partial charge on any atom is -0.417 e. The molecule has 184 valence electrons. The van der Waals surface area contributed by atoms with Gasteiger partial charge in [0, 0.05) is 30.3 Å². The molecule has 0 amide bonds. The molecule has 0 aromatic rings. The van der Waals surface area contributed by atoms with Crippen LogP contribution in [0.3, 0.4) is 0 Å². The summed E-state index contributed by atoms with van der Waals surface area (Å²) < 4.78 is 13.6. The number of carbonyl (C=O) groups excluding carboxylic acids is 1. The van der Waals surface area contributed by atoms with Crippen molar-refractivity contribution in [2.75, 3.05) is 6.61 Å². The number of hydrogen-bond donors (Lipinski definition) is 0. The van der Waals surface area contributed by atoms with Crippen molar-refractivity contribution in [1.29, 1.82) is 0 Å². The summed E-state index contributed by atoms with van der Waals surface area (Å²) in [6, 6.07) is 0. The Labute approximate surface area is 204 Å². The molecule has 3 fully saturated rings. The Bertz CT molecular complexity index is 886. The van der Waals surface area contributed by atoms with E-state index in [1.165, 1.54) is 24.8 Å². The summed E-state index contributed by atoms with van der Waals surface area (Å²) in [5.41, 5.74) is 1.29. The van der Waals surface area contributed by atoms with Crippen LogP contribution in [0, 0.1) is 40.4 Å². The summed E-state index contributed by atoms with van der Waals surface area (Å²) >= 11 is 0. The molecule has 4 rings (SSSR count). The summed E-state index contributed by atoms with van der Waals surface area (Å²) in [5.74, 6) is 9.26. The van der Waals surface area contributed by atoms with Gasteiger partial charge in [0.15, 0.2) is 16.6 Å². The first-order valence-electron chi connectivity index (χ1n) is 13.2. The van der Waals surface area contributed by atoms with Crippen LogP contribution >= 0.6 is 0 Å². The van der Waals surface area contributed by atoms with E-state index in [1.807, 2.05) is 6.92 Å². The molecule has 33 heavy (non-hydrogen) atoms. The molecule has 0 spiro atoms. The van der Waals surface area contributed by atoms with Crippen molar-refractivity contribution < 1.29 is 13.6 Å². The number of Topliss-reactive ketones (excluding diaryl/α,β-unsaturated/α-hetero) is 1. The minimum absolute atomic E-state index is 0.0692. The zero-order valence-corrected chi connectivity index (χ0v) is 24.4. The van der Waals surface area contributed by atoms with Gasteiger partial charge < -0.3 is 8.85 Å². The Morgan fingerprint density at radius 2 is 1.73 bits per heavy atom. The first-order valence-corrected chi connectivity index (χ1v) is 20.1. The molecule has 1 unspecified atom stereocenters. The highest BCUT2D eigenvalue weighted by atomic mass is 28.4. The van der Waals surface area contributed by atoms with Gasteiger partial charge in [-0.25, -0.2) is 0 Å². The van der Waals surface area contributed by atoms with E-state index in [2.05, 4.69) is 64.1 Å². The molecule has 3 saturated carbocycles. The maximum absolute atomic E-state index is 12.4. The largest absolute Gasteiger partial charge is 0.417 e. The van der Waals surface area contributed by atoms with Crippen LogP contribution in [0.5, 0.6) is 0 Å². The Hall–Kier alpha value is -0.676. The van der Waals surface area contributed by atoms with E-state index in [1.54, 1.807) is 0 Å². The number of rotatable bonds is 5. The lowest BCUT2D eigenvalue weighted by Gasteiger charge is -2.60. The monoisotopic (exact) mass is 486 g/mol. The molecule has 0 N–H and O–H groups in total. The molecule has 0 aliphatic heterocycles. The third kappa shape index (κ3) is 4.39. The molecular formula is C28H46O3Si2. The summed E-state index contributed by atoms with van der Waals surface area (Å²) in [7, 11) is -3.39. The van der Waals surface area contributed by atoms with Crippen molar-refractivity contribution in [3.8, 4) is 11.8 Å². The van der Waals surface area contributed by atoms with Crippen LogP contribution < -0.4 is 0 Å². The van der Waals surface area contributed by atoms with Crippen molar-refractivity contribution in [2.24, 2.45) is 28.6 Å². The SMILES string of the molecule is CC#CC1(O[Si](C)(C)C)CC[C@H]2[C@@H]3CC=C4CC(=O)CC[C@]4(CO[Si](C)(C)C)[C@@H]3CC[C@@]21C. The quantitative estimate of drug-likeness (QED) is 0.239. The molecule has 0 aromatic heterocycles. The number of carbonyl (C=O) groups is 1. The molecule has 3 nitrogen and oxygen atoms in total. The zero-order chi connectivity index (χ0) is 24.3. The van der Waals surface area contributed by atoms with Gasteiger partial charge in [0.2, 0.25) is 0 Å². The lowest BCUT2D eigenvalue weighted by Crippen LogP contribution is -2.58. The van der Waals surface area contributed by atoms with E-state index in [0.717, 1.165) is 32.3 Å².